The largest absolute Gasteiger partial charge is 0.370 e. The first-order valence-corrected chi connectivity index (χ1v) is 14.1. The van der Waals surface area contributed by atoms with Crippen molar-refractivity contribution in [2.75, 3.05) is 25.0 Å². The summed E-state index contributed by atoms with van der Waals surface area (Å²) >= 11 is 9.93. The van der Waals surface area contributed by atoms with E-state index in [0.29, 0.717) is 41.6 Å². The molecule has 0 radical (unpaired) electrons. The topological polar surface area (TPSA) is 79.6 Å². The van der Waals surface area contributed by atoms with Crippen LogP contribution in [0.1, 0.15) is 18.4 Å². The number of sulfonamides is 1. The summed E-state index contributed by atoms with van der Waals surface area (Å²) in [4.78, 5) is 4.75. The fourth-order valence-electron chi connectivity index (χ4n) is 4.52. The van der Waals surface area contributed by atoms with Gasteiger partial charge in [-0.15, -0.1) is 0 Å². The average molecular weight is 593 g/mol. The smallest absolute Gasteiger partial charge is 0.243 e. The second-order valence-electron chi connectivity index (χ2n) is 8.90. The number of piperidine rings is 1. The van der Waals surface area contributed by atoms with Crippen LogP contribution in [0.5, 0.6) is 0 Å². The number of nitrogens with one attached hydrogen (secondary N) is 1. The van der Waals surface area contributed by atoms with Crippen LogP contribution in [0.4, 0.5) is 10.2 Å². The SMILES string of the molecule is Cc1ccc(F)cc1S(=O)(=O)N1CCCC(CNc2cc(-c3ccccc3Cl)nc3c(Br)cnn23)C1. The Morgan fingerprint density at radius 1 is 1.22 bits per heavy atom. The molecule has 1 saturated heterocycles. The molecule has 1 unspecified atom stereocenters. The molecular weight excluding hydrogens is 569 g/mol. The third-order valence-electron chi connectivity index (χ3n) is 6.40. The van der Waals surface area contributed by atoms with Gasteiger partial charge in [0.15, 0.2) is 5.65 Å². The van der Waals surface area contributed by atoms with Crippen molar-refractivity contribution in [3.05, 3.63) is 75.6 Å². The molecule has 2 aromatic heterocycles. The molecule has 1 fully saturated rings. The molecule has 1 aliphatic rings. The van der Waals surface area contributed by atoms with Gasteiger partial charge in [0.05, 0.1) is 21.3 Å². The Kier molecular flexibility index (Phi) is 7.04. The third-order valence-corrected chi connectivity index (χ3v) is 9.30. The number of hydrogen-bond donors (Lipinski definition) is 1. The number of nitrogens with zero attached hydrogens (tertiary/aromatic N) is 4. The monoisotopic (exact) mass is 591 g/mol. The van der Waals surface area contributed by atoms with Gasteiger partial charge in [-0.25, -0.2) is 17.8 Å². The maximum absolute atomic E-state index is 13.8. The van der Waals surface area contributed by atoms with Gasteiger partial charge in [0.25, 0.3) is 0 Å². The fourth-order valence-corrected chi connectivity index (χ4v) is 6.89. The molecule has 2 aromatic carbocycles. The van der Waals surface area contributed by atoms with Gasteiger partial charge in [0.2, 0.25) is 10.0 Å². The predicted octanol–water partition coefficient (Wildman–Crippen LogP) is 5.77. The lowest BCUT2D eigenvalue weighted by atomic mass is 10.00. The average Bonchev–Trinajstić information content (AvgIpc) is 3.25. The van der Waals surface area contributed by atoms with Crippen LogP contribution in [0.25, 0.3) is 16.9 Å². The second-order valence-corrected chi connectivity index (χ2v) is 12.1. The van der Waals surface area contributed by atoms with E-state index in [2.05, 4.69) is 26.3 Å². The predicted molar refractivity (Wildman–Crippen MR) is 142 cm³/mol. The lowest BCUT2D eigenvalue weighted by Gasteiger charge is -2.32. The molecule has 1 aliphatic heterocycles. The Bertz CT molecular complexity index is 1540. The summed E-state index contributed by atoms with van der Waals surface area (Å²) in [6.45, 7) is 2.98. The van der Waals surface area contributed by atoms with E-state index in [1.165, 1.54) is 16.4 Å². The van der Waals surface area contributed by atoms with Crippen molar-refractivity contribution in [3.8, 4) is 11.3 Å². The number of anilines is 1. The molecule has 1 atom stereocenters. The van der Waals surface area contributed by atoms with Gasteiger partial charge >= 0.3 is 0 Å². The molecule has 3 heterocycles. The minimum atomic E-state index is -3.79. The molecule has 5 rings (SSSR count). The molecule has 0 bridgehead atoms. The Morgan fingerprint density at radius 3 is 2.83 bits per heavy atom. The van der Waals surface area contributed by atoms with Gasteiger partial charge in [0, 0.05) is 36.3 Å². The van der Waals surface area contributed by atoms with Gasteiger partial charge in [-0.1, -0.05) is 35.9 Å². The zero-order valence-electron chi connectivity index (χ0n) is 19.5. The summed E-state index contributed by atoms with van der Waals surface area (Å²) < 4.78 is 44.3. The normalized spacial score (nSPS) is 16.9. The van der Waals surface area contributed by atoms with Gasteiger partial charge in [-0.3, -0.25) is 0 Å². The van der Waals surface area contributed by atoms with Gasteiger partial charge < -0.3 is 5.32 Å². The lowest BCUT2D eigenvalue weighted by molar-refractivity contribution is 0.275. The Labute approximate surface area is 222 Å². The van der Waals surface area contributed by atoms with Crippen molar-refractivity contribution in [2.24, 2.45) is 5.92 Å². The van der Waals surface area contributed by atoms with Crippen LogP contribution in [0.15, 0.2) is 64.1 Å². The third kappa shape index (κ3) is 4.87. The fraction of sp³-hybridized carbons (Fsp3) is 0.280. The van der Waals surface area contributed by atoms with E-state index in [1.54, 1.807) is 17.6 Å². The Morgan fingerprint density at radius 2 is 2.03 bits per heavy atom. The highest BCUT2D eigenvalue weighted by Crippen LogP contribution is 2.31. The van der Waals surface area contributed by atoms with Crippen LogP contribution in [0, 0.1) is 18.7 Å². The minimum absolute atomic E-state index is 0.0257. The van der Waals surface area contributed by atoms with Crippen molar-refractivity contribution >= 4 is 49.0 Å². The van der Waals surface area contributed by atoms with Crippen molar-refractivity contribution in [2.45, 2.75) is 24.7 Å². The highest BCUT2D eigenvalue weighted by molar-refractivity contribution is 9.10. The van der Waals surface area contributed by atoms with E-state index in [1.807, 2.05) is 30.3 Å². The molecule has 7 nitrogen and oxygen atoms in total. The minimum Gasteiger partial charge on any atom is -0.370 e. The number of aryl methyl sites for hydroxylation is 1. The lowest BCUT2D eigenvalue weighted by Crippen LogP contribution is -2.42. The van der Waals surface area contributed by atoms with E-state index < -0.39 is 15.8 Å². The summed E-state index contributed by atoms with van der Waals surface area (Å²) in [7, 11) is -3.79. The number of benzene rings is 2. The number of aromatic nitrogens is 3. The van der Waals surface area contributed by atoms with Crippen molar-refractivity contribution in [1.29, 1.82) is 0 Å². The summed E-state index contributed by atoms with van der Waals surface area (Å²) in [5, 5.41) is 8.46. The summed E-state index contributed by atoms with van der Waals surface area (Å²) in [5.74, 6) is 0.228. The highest BCUT2D eigenvalue weighted by atomic mass is 79.9. The maximum atomic E-state index is 13.8. The van der Waals surface area contributed by atoms with Crippen LogP contribution in [-0.2, 0) is 10.0 Å². The molecule has 0 amide bonds. The highest BCUT2D eigenvalue weighted by Gasteiger charge is 2.31. The van der Waals surface area contributed by atoms with E-state index in [0.717, 1.165) is 34.8 Å². The zero-order chi connectivity index (χ0) is 25.4. The number of halogens is 3. The van der Waals surface area contributed by atoms with Crippen LogP contribution in [0.3, 0.4) is 0 Å². The number of fused-ring (bicyclic) bond motifs is 1. The van der Waals surface area contributed by atoms with E-state index in [-0.39, 0.29) is 10.8 Å². The molecule has 36 heavy (non-hydrogen) atoms. The molecular formula is C25H24BrClFN5O2S. The van der Waals surface area contributed by atoms with Gasteiger partial charge in [-0.2, -0.15) is 13.9 Å². The number of rotatable bonds is 6. The summed E-state index contributed by atoms with van der Waals surface area (Å²) in [5.41, 5.74) is 2.68. The van der Waals surface area contributed by atoms with Crippen molar-refractivity contribution in [3.63, 3.8) is 0 Å². The van der Waals surface area contributed by atoms with E-state index >= 15 is 0 Å². The molecule has 188 valence electrons. The van der Waals surface area contributed by atoms with Crippen molar-refractivity contribution < 1.29 is 12.8 Å². The Hall–Kier alpha value is -2.53. The Balaban J connectivity index is 1.39. The maximum Gasteiger partial charge on any atom is 0.243 e. The summed E-state index contributed by atoms with van der Waals surface area (Å²) in [6, 6.07) is 13.3. The van der Waals surface area contributed by atoms with E-state index in [9.17, 15) is 12.8 Å². The van der Waals surface area contributed by atoms with Gasteiger partial charge in [0.1, 0.15) is 11.6 Å². The van der Waals surface area contributed by atoms with Crippen LogP contribution in [0.2, 0.25) is 5.02 Å². The first-order valence-electron chi connectivity index (χ1n) is 11.5. The second kappa shape index (κ2) is 10.1. The first-order chi connectivity index (χ1) is 17.2. The summed E-state index contributed by atoms with van der Waals surface area (Å²) in [6.07, 6.45) is 3.28. The van der Waals surface area contributed by atoms with Crippen molar-refractivity contribution in [1.82, 2.24) is 18.9 Å². The van der Waals surface area contributed by atoms with Crippen LogP contribution in [-0.4, -0.2) is 47.0 Å². The molecule has 1 N–H and O–H groups in total. The zero-order valence-corrected chi connectivity index (χ0v) is 22.6. The molecule has 4 aromatic rings. The molecule has 0 saturated carbocycles. The van der Waals surface area contributed by atoms with Gasteiger partial charge in [-0.05, 0) is 65.4 Å². The first kappa shape index (κ1) is 25.1. The van der Waals surface area contributed by atoms with E-state index in [4.69, 9.17) is 16.6 Å². The van der Waals surface area contributed by atoms with Crippen LogP contribution >= 0.6 is 27.5 Å². The molecule has 0 aliphatic carbocycles. The quantitative estimate of drug-likeness (QED) is 0.307. The van der Waals surface area contributed by atoms with Crippen LogP contribution < -0.4 is 5.32 Å². The standard InChI is InChI=1S/C25H24BrClFN5O2S/c1-16-8-9-18(28)11-23(16)36(34,35)32-10-4-5-17(15-32)13-29-24-12-22(19-6-2-3-7-21(19)27)31-25-20(26)14-30-33(24)25/h2-3,6-9,11-12,14,17,29H,4-5,10,13,15H2,1H3. The number of hydrogen-bond acceptors (Lipinski definition) is 5. The molecule has 0 spiro atoms. The molecule has 11 heteroatoms.